The summed E-state index contributed by atoms with van der Waals surface area (Å²) in [6.45, 7) is 10.7. The van der Waals surface area contributed by atoms with Gasteiger partial charge >= 0.3 is 0 Å². The first kappa shape index (κ1) is 25.0. The third-order valence-corrected chi connectivity index (χ3v) is 5.36. The Bertz CT molecular complexity index is 989. The first-order chi connectivity index (χ1) is 15.0. The lowest BCUT2D eigenvalue weighted by Crippen LogP contribution is -2.58. The number of rotatable bonds is 8. The number of fused-ring (bicyclic) bond motifs is 1. The van der Waals surface area contributed by atoms with Crippen molar-refractivity contribution in [2.45, 2.75) is 59.7 Å². The van der Waals surface area contributed by atoms with Gasteiger partial charge < -0.3 is 20.7 Å². The highest BCUT2D eigenvalue weighted by molar-refractivity contribution is 6.08. The Hall–Kier alpha value is -3.22. The number of carbonyl (C=O) groups excluding carboxylic acids is 4. The van der Waals surface area contributed by atoms with Crippen LogP contribution in [0, 0.1) is 11.3 Å². The molecule has 0 spiro atoms. The van der Waals surface area contributed by atoms with Crippen LogP contribution in [0.2, 0.25) is 0 Å². The number of aldehydes is 1. The predicted octanol–water partition coefficient (Wildman–Crippen LogP) is 2.83. The molecule has 0 saturated heterocycles. The lowest BCUT2D eigenvalue weighted by Gasteiger charge is -2.31. The summed E-state index contributed by atoms with van der Waals surface area (Å²) >= 11 is 0. The van der Waals surface area contributed by atoms with Crippen LogP contribution in [0.4, 0.5) is 0 Å². The van der Waals surface area contributed by atoms with Gasteiger partial charge in [-0.15, -0.1) is 0 Å². The van der Waals surface area contributed by atoms with E-state index in [1.807, 2.05) is 65.0 Å². The molecule has 3 atom stereocenters. The van der Waals surface area contributed by atoms with Gasteiger partial charge in [-0.3, -0.25) is 14.4 Å². The predicted molar refractivity (Wildman–Crippen MR) is 125 cm³/mol. The second-order valence-corrected chi connectivity index (χ2v) is 9.44. The van der Waals surface area contributed by atoms with Crippen LogP contribution >= 0.6 is 0 Å². The molecule has 7 nitrogen and oxygen atoms in total. The molecule has 172 valence electrons. The zero-order valence-electron chi connectivity index (χ0n) is 19.6. The summed E-state index contributed by atoms with van der Waals surface area (Å²) in [4.78, 5) is 49.7. The van der Waals surface area contributed by atoms with Crippen LogP contribution < -0.4 is 16.0 Å². The molecule has 2 aromatic carbocycles. The normalized spacial score (nSPS) is 14.3. The molecule has 0 saturated carbocycles. The van der Waals surface area contributed by atoms with E-state index in [1.165, 1.54) is 0 Å². The van der Waals surface area contributed by atoms with E-state index in [4.69, 9.17) is 0 Å². The minimum atomic E-state index is -0.879. The zero-order valence-corrected chi connectivity index (χ0v) is 19.6. The average molecular weight is 440 g/mol. The van der Waals surface area contributed by atoms with Crippen LogP contribution in [-0.4, -0.2) is 42.1 Å². The van der Waals surface area contributed by atoms with Crippen molar-refractivity contribution in [3.05, 3.63) is 48.0 Å². The Morgan fingerprint density at radius 3 is 2.06 bits per heavy atom. The third kappa shape index (κ3) is 6.15. The van der Waals surface area contributed by atoms with Gasteiger partial charge in [-0.25, -0.2) is 0 Å². The fourth-order valence-corrected chi connectivity index (χ4v) is 3.32. The van der Waals surface area contributed by atoms with Gasteiger partial charge in [0.2, 0.25) is 11.8 Å². The molecule has 2 aromatic rings. The minimum absolute atomic E-state index is 0.0679. The molecule has 0 aliphatic heterocycles. The average Bonchev–Trinajstić information content (AvgIpc) is 2.73. The summed E-state index contributed by atoms with van der Waals surface area (Å²) in [5.74, 6) is -1.37. The van der Waals surface area contributed by atoms with Crippen molar-refractivity contribution >= 4 is 34.8 Å². The highest BCUT2D eigenvalue weighted by atomic mass is 16.2. The highest BCUT2D eigenvalue weighted by Gasteiger charge is 2.34. The summed E-state index contributed by atoms with van der Waals surface area (Å²) in [5.41, 5.74) is -0.134. The molecule has 2 rings (SSSR count). The van der Waals surface area contributed by atoms with Gasteiger partial charge in [-0.2, -0.15) is 0 Å². The van der Waals surface area contributed by atoms with Crippen LogP contribution in [0.15, 0.2) is 42.5 Å². The van der Waals surface area contributed by atoms with Gasteiger partial charge in [0.25, 0.3) is 5.91 Å². The summed E-state index contributed by atoms with van der Waals surface area (Å²) in [6.07, 6.45) is 0.680. The standard InChI is InChI=1S/C25H33N3O4/c1-15(2)20(14-29)27-22(30)16(3)26-24(32)21(25(4,5)6)28-23(31)19-13-9-11-17-10-7-8-12-18(17)19/h7-16,20-21H,1-6H3,(H,26,32)(H,27,30)(H,28,31)/t16-,20+,21+/m0/s1. The number of hydrogen-bond donors (Lipinski definition) is 3. The van der Waals surface area contributed by atoms with Gasteiger partial charge in [0.05, 0.1) is 6.04 Å². The molecule has 0 bridgehead atoms. The Morgan fingerprint density at radius 1 is 0.844 bits per heavy atom. The summed E-state index contributed by atoms with van der Waals surface area (Å²) in [5, 5.41) is 9.86. The van der Waals surface area contributed by atoms with Crippen LogP contribution in [0.5, 0.6) is 0 Å². The van der Waals surface area contributed by atoms with Gasteiger partial charge in [0.1, 0.15) is 18.4 Å². The Morgan fingerprint density at radius 2 is 1.47 bits per heavy atom. The van der Waals surface area contributed by atoms with E-state index in [0.717, 1.165) is 10.8 Å². The van der Waals surface area contributed by atoms with Gasteiger partial charge in [-0.05, 0) is 35.1 Å². The lowest BCUT2D eigenvalue weighted by atomic mass is 9.85. The van der Waals surface area contributed by atoms with E-state index < -0.39 is 35.4 Å². The molecule has 0 aliphatic rings. The molecule has 0 aromatic heterocycles. The van der Waals surface area contributed by atoms with Crippen LogP contribution in [0.3, 0.4) is 0 Å². The van der Waals surface area contributed by atoms with E-state index in [0.29, 0.717) is 11.8 Å². The van der Waals surface area contributed by atoms with Crippen LogP contribution in [0.25, 0.3) is 10.8 Å². The number of benzene rings is 2. The molecular weight excluding hydrogens is 406 g/mol. The SMILES string of the molecule is CC(C)[C@@H](C=O)NC(=O)[C@H](C)NC(=O)[C@@H](NC(=O)c1cccc2ccccc12)C(C)(C)C. The number of amides is 3. The maximum absolute atomic E-state index is 13.1. The van der Waals surface area contributed by atoms with E-state index in [9.17, 15) is 19.2 Å². The quantitative estimate of drug-likeness (QED) is 0.550. The first-order valence-corrected chi connectivity index (χ1v) is 10.8. The van der Waals surface area contributed by atoms with Crippen molar-refractivity contribution in [3.63, 3.8) is 0 Å². The molecule has 0 radical (unpaired) electrons. The van der Waals surface area contributed by atoms with Crippen molar-refractivity contribution in [1.29, 1.82) is 0 Å². The second-order valence-electron chi connectivity index (χ2n) is 9.44. The molecule has 3 amide bonds. The molecular formula is C25H33N3O4. The highest BCUT2D eigenvalue weighted by Crippen LogP contribution is 2.22. The van der Waals surface area contributed by atoms with Gasteiger partial charge in [0.15, 0.2) is 0 Å². The molecule has 3 N–H and O–H groups in total. The van der Waals surface area contributed by atoms with Crippen molar-refractivity contribution in [3.8, 4) is 0 Å². The Balaban J connectivity index is 2.17. The fraction of sp³-hybridized carbons (Fsp3) is 0.440. The monoisotopic (exact) mass is 439 g/mol. The zero-order chi connectivity index (χ0) is 24.1. The smallest absolute Gasteiger partial charge is 0.252 e. The Kier molecular flexibility index (Phi) is 8.14. The molecule has 32 heavy (non-hydrogen) atoms. The van der Waals surface area contributed by atoms with Gasteiger partial charge in [-0.1, -0.05) is 71.0 Å². The van der Waals surface area contributed by atoms with Crippen LogP contribution in [0.1, 0.15) is 51.9 Å². The molecule has 0 fully saturated rings. The molecule has 0 heterocycles. The van der Waals surface area contributed by atoms with Crippen molar-refractivity contribution < 1.29 is 19.2 Å². The second kappa shape index (κ2) is 10.4. The Labute approximate surface area is 189 Å². The third-order valence-electron chi connectivity index (χ3n) is 5.36. The van der Waals surface area contributed by atoms with E-state index in [-0.39, 0.29) is 11.8 Å². The molecule has 0 unspecified atom stereocenters. The molecule has 7 heteroatoms. The number of carbonyl (C=O) groups is 4. The largest absolute Gasteiger partial charge is 0.345 e. The maximum Gasteiger partial charge on any atom is 0.252 e. The fourth-order valence-electron chi connectivity index (χ4n) is 3.32. The van der Waals surface area contributed by atoms with Crippen molar-refractivity contribution in [2.24, 2.45) is 11.3 Å². The topological polar surface area (TPSA) is 104 Å². The minimum Gasteiger partial charge on any atom is -0.345 e. The van der Waals surface area contributed by atoms with E-state index in [1.54, 1.807) is 19.1 Å². The van der Waals surface area contributed by atoms with Gasteiger partial charge in [0, 0.05) is 5.56 Å². The van der Waals surface area contributed by atoms with Crippen LogP contribution in [-0.2, 0) is 14.4 Å². The number of hydrogen-bond acceptors (Lipinski definition) is 4. The van der Waals surface area contributed by atoms with E-state index in [2.05, 4.69) is 16.0 Å². The summed E-state index contributed by atoms with van der Waals surface area (Å²) in [7, 11) is 0. The van der Waals surface area contributed by atoms with E-state index >= 15 is 0 Å². The number of nitrogens with one attached hydrogen (secondary N) is 3. The van der Waals surface area contributed by atoms with Crippen molar-refractivity contribution in [1.82, 2.24) is 16.0 Å². The molecule has 0 aliphatic carbocycles. The first-order valence-electron chi connectivity index (χ1n) is 10.8. The summed E-state index contributed by atoms with van der Waals surface area (Å²) in [6, 6.07) is 10.6. The maximum atomic E-state index is 13.1. The lowest BCUT2D eigenvalue weighted by molar-refractivity contribution is -0.131. The van der Waals surface area contributed by atoms with Crippen molar-refractivity contribution in [2.75, 3.05) is 0 Å². The summed E-state index contributed by atoms with van der Waals surface area (Å²) < 4.78 is 0.